The van der Waals surface area contributed by atoms with E-state index in [1.165, 1.54) is 7.11 Å². The molecule has 1 unspecified atom stereocenters. The number of nitrogens with zero attached hydrogens (tertiary/aromatic N) is 1. The molecule has 1 amide bonds. The van der Waals surface area contributed by atoms with Crippen LogP contribution in [0.5, 0.6) is 11.5 Å². The second-order valence-electron chi connectivity index (χ2n) is 6.67. The Bertz CT molecular complexity index is 697. The molecule has 1 spiro atoms. The van der Waals surface area contributed by atoms with Crippen LogP contribution in [0.2, 0.25) is 5.02 Å². The van der Waals surface area contributed by atoms with E-state index >= 15 is 0 Å². The molecule has 1 heterocycles. The molecule has 1 saturated carbocycles. The van der Waals surface area contributed by atoms with Crippen molar-refractivity contribution in [3.05, 3.63) is 22.7 Å². The van der Waals surface area contributed by atoms with E-state index in [2.05, 4.69) is 0 Å². The molecule has 1 aromatic rings. The van der Waals surface area contributed by atoms with Gasteiger partial charge >= 0.3 is 5.97 Å². The van der Waals surface area contributed by atoms with E-state index in [0.717, 1.165) is 19.3 Å². The Labute approximate surface area is 151 Å². The summed E-state index contributed by atoms with van der Waals surface area (Å²) in [5.41, 5.74) is 0.350. The summed E-state index contributed by atoms with van der Waals surface area (Å²) in [6.45, 7) is 3.43. The zero-order chi connectivity index (χ0) is 18.2. The van der Waals surface area contributed by atoms with Crippen molar-refractivity contribution in [1.29, 1.82) is 0 Å². The largest absolute Gasteiger partial charge is 0.493 e. The van der Waals surface area contributed by atoms with Crippen molar-refractivity contribution < 1.29 is 24.2 Å². The lowest BCUT2D eigenvalue weighted by Gasteiger charge is -2.32. The second kappa shape index (κ2) is 6.75. The molecule has 1 aliphatic carbocycles. The molecule has 1 atom stereocenters. The molecule has 0 radical (unpaired) electrons. The van der Waals surface area contributed by atoms with Crippen molar-refractivity contribution >= 4 is 23.5 Å². The van der Waals surface area contributed by atoms with Gasteiger partial charge in [0.15, 0.2) is 11.5 Å². The van der Waals surface area contributed by atoms with Crippen molar-refractivity contribution in [3.8, 4) is 11.5 Å². The van der Waals surface area contributed by atoms with E-state index in [1.807, 2.05) is 6.92 Å². The lowest BCUT2D eigenvalue weighted by atomic mass is 9.90. The molecule has 1 N–H and O–H groups in total. The van der Waals surface area contributed by atoms with Crippen LogP contribution in [0, 0.1) is 11.3 Å². The lowest BCUT2D eigenvalue weighted by molar-refractivity contribution is -0.139. The highest BCUT2D eigenvalue weighted by Gasteiger charge is 2.59. The Morgan fingerprint density at radius 1 is 1.36 bits per heavy atom. The summed E-state index contributed by atoms with van der Waals surface area (Å²) >= 11 is 6.24. The fraction of sp³-hybridized carbons (Fsp3) is 0.556. The van der Waals surface area contributed by atoms with Crippen LogP contribution < -0.4 is 9.47 Å². The zero-order valence-corrected chi connectivity index (χ0v) is 15.1. The molecular weight excluding hydrogens is 346 g/mol. The van der Waals surface area contributed by atoms with E-state index in [0.29, 0.717) is 41.8 Å². The predicted octanol–water partition coefficient (Wildman–Crippen LogP) is 3.07. The SMILES string of the molecule is CCOc1c(Cl)cc(C(=O)N2CCC3(CC2)CC3C(=O)O)cc1OC. The molecule has 7 heteroatoms. The summed E-state index contributed by atoms with van der Waals surface area (Å²) in [7, 11) is 1.51. The molecule has 2 aliphatic rings. The normalized spacial score (nSPS) is 21.1. The number of carbonyl (C=O) groups excluding carboxylic acids is 1. The van der Waals surface area contributed by atoms with Gasteiger partial charge in [-0.25, -0.2) is 0 Å². The number of carboxylic acids is 1. The third kappa shape index (κ3) is 3.27. The van der Waals surface area contributed by atoms with E-state index in [1.54, 1.807) is 17.0 Å². The van der Waals surface area contributed by atoms with Gasteiger partial charge < -0.3 is 19.5 Å². The fourth-order valence-corrected chi connectivity index (χ4v) is 3.98. The molecule has 25 heavy (non-hydrogen) atoms. The third-order valence-corrected chi connectivity index (χ3v) is 5.58. The highest BCUT2D eigenvalue weighted by molar-refractivity contribution is 6.32. The van der Waals surface area contributed by atoms with Crippen LogP contribution in [0.15, 0.2) is 12.1 Å². The Kier molecular flexibility index (Phi) is 4.82. The van der Waals surface area contributed by atoms with Crippen LogP contribution in [0.3, 0.4) is 0 Å². The first kappa shape index (κ1) is 17.9. The minimum atomic E-state index is -0.720. The first-order valence-corrected chi connectivity index (χ1v) is 8.82. The molecular formula is C18H22ClNO5. The summed E-state index contributed by atoms with van der Waals surface area (Å²) in [4.78, 5) is 25.7. The number of ether oxygens (including phenoxy) is 2. The number of carboxylic acid groups (broad SMARTS) is 1. The van der Waals surface area contributed by atoms with Gasteiger partial charge in [0.25, 0.3) is 5.91 Å². The molecule has 3 rings (SSSR count). The summed E-state index contributed by atoms with van der Waals surface area (Å²) in [6.07, 6.45) is 2.20. The smallest absolute Gasteiger partial charge is 0.307 e. The van der Waals surface area contributed by atoms with Crippen LogP contribution in [0.25, 0.3) is 0 Å². The van der Waals surface area contributed by atoms with Gasteiger partial charge in [0.05, 0.1) is 24.7 Å². The van der Waals surface area contributed by atoms with Crippen LogP contribution in [-0.2, 0) is 4.79 Å². The first-order valence-electron chi connectivity index (χ1n) is 8.44. The number of hydrogen-bond donors (Lipinski definition) is 1. The van der Waals surface area contributed by atoms with Gasteiger partial charge in [0.2, 0.25) is 0 Å². The van der Waals surface area contributed by atoms with Crippen LogP contribution in [-0.4, -0.2) is 48.7 Å². The molecule has 1 aliphatic heterocycles. The van der Waals surface area contributed by atoms with E-state index in [4.69, 9.17) is 26.2 Å². The standard InChI is InChI=1S/C18H22ClNO5/c1-3-25-15-13(19)8-11(9-14(15)24-2)16(21)20-6-4-18(5-7-20)10-12(18)17(22)23/h8-9,12H,3-7,10H2,1-2H3,(H,22,23). The maximum absolute atomic E-state index is 12.8. The maximum Gasteiger partial charge on any atom is 0.307 e. The Balaban J connectivity index is 1.72. The van der Waals surface area contributed by atoms with Gasteiger partial charge in [-0.3, -0.25) is 9.59 Å². The highest BCUT2D eigenvalue weighted by Crippen LogP contribution is 2.59. The summed E-state index contributed by atoms with van der Waals surface area (Å²) in [5.74, 6) is -0.222. The minimum Gasteiger partial charge on any atom is -0.493 e. The predicted molar refractivity (Wildman–Crippen MR) is 92.5 cm³/mol. The second-order valence-corrected chi connectivity index (χ2v) is 7.08. The molecule has 6 nitrogen and oxygen atoms in total. The first-order chi connectivity index (χ1) is 11.9. The topological polar surface area (TPSA) is 76.1 Å². The Morgan fingerprint density at radius 2 is 2.04 bits per heavy atom. The lowest BCUT2D eigenvalue weighted by Crippen LogP contribution is -2.40. The van der Waals surface area contributed by atoms with Gasteiger partial charge in [-0.05, 0) is 43.7 Å². The Hall–Kier alpha value is -1.95. The van der Waals surface area contributed by atoms with Gasteiger partial charge in [0, 0.05) is 18.7 Å². The summed E-state index contributed by atoms with van der Waals surface area (Å²) < 4.78 is 10.8. The fourth-order valence-electron chi connectivity index (χ4n) is 3.71. The summed E-state index contributed by atoms with van der Waals surface area (Å²) in [5, 5.41) is 9.50. The van der Waals surface area contributed by atoms with Crippen LogP contribution in [0.1, 0.15) is 36.5 Å². The number of aliphatic carboxylic acids is 1. The summed E-state index contributed by atoms with van der Waals surface area (Å²) in [6, 6.07) is 3.24. The number of halogens is 1. The van der Waals surface area contributed by atoms with Crippen molar-refractivity contribution in [1.82, 2.24) is 4.90 Å². The number of piperidine rings is 1. The molecule has 1 aromatic carbocycles. The van der Waals surface area contributed by atoms with Gasteiger partial charge in [-0.15, -0.1) is 0 Å². The molecule has 136 valence electrons. The number of likely N-dealkylation sites (tertiary alicyclic amines) is 1. The van der Waals surface area contributed by atoms with E-state index in [9.17, 15) is 9.59 Å². The van der Waals surface area contributed by atoms with Crippen molar-refractivity contribution in [2.45, 2.75) is 26.2 Å². The van der Waals surface area contributed by atoms with Crippen LogP contribution in [0.4, 0.5) is 0 Å². The average molecular weight is 368 g/mol. The number of amides is 1. The zero-order valence-electron chi connectivity index (χ0n) is 14.4. The quantitative estimate of drug-likeness (QED) is 0.865. The van der Waals surface area contributed by atoms with Gasteiger partial charge in [-0.1, -0.05) is 11.6 Å². The molecule has 2 fully saturated rings. The third-order valence-electron chi connectivity index (χ3n) is 5.30. The molecule has 1 saturated heterocycles. The number of carbonyl (C=O) groups is 2. The molecule has 0 aromatic heterocycles. The number of benzene rings is 1. The van der Waals surface area contributed by atoms with Gasteiger partial charge in [0.1, 0.15) is 0 Å². The van der Waals surface area contributed by atoms with Crippen molar-refractivity contribution in [2.75, 3.05) is 26.8 Å². The number of methoxy groups -OCH3 is 1. The number of rotatable bonds is 5. The van der Waals surface area contributed by atoms with E-state index in [-0.39, 0.29) is 17.2 Å². The Morgan fingerprint density at radius 3 is 2.56 bits per heavy atom. The van der Waals surface area contributed by atoms with Crippen LogP contribution >= 0.6 is 11.6 Å². The highest BCUT2D eigenvalue weighted by atomic mass is 35.5. The maximum atomic E-state index is 12.8. The average Bonchev–Trinajstić information content (AvgIpc) is 3.30. The monoisotopic (exact) mass is 367 g/mol. The number of hydrogen-bond acceptors (Lipinski definition) is 4. The van der Waals surface area contributed by atoms with Crippen molar-refractivity contribution in [2.24, 2.45) is 11.3 Å². The molecule has 0 bridgehead atoms. The van der Waals surface area contributed by atoms with E-state index < -0.39 is 5.97 Å². The van der Waals surface area contributed by atoms with Crippen molar-refractivity contribution in [3.63, 3.8) is 0 Å². The minimum absolute atomic E-state index is 0.100. The van der Waals surface area contributed by atoms with Gasteiger partial charge in [-0.2, -0.15) is 0 Å².